The molecule has 20 heavy (non-hydrogen) atoms. The molecule has 106 valence electrons. The number of rotatable bonds is 4. The van der Waals surface area contributed by atoms with Gasteiger partial charge >= 0.3 is 5.97 Å². The molecule has 0 bridgehead atoms. The highest BCUT2D eigenvalue weighted by molar-refractivity contribution is 5.88. The Morgan fingerprint density at radius 2 is 2.25 bits per heavy atom. The van der Waals surface area contributed by atoms with Crippen molar-refractivity contribution in [3.8, 4) is 0 Å². The molecule has 1 fully saturated rings. The van der Waals surface area contributed by atoms with Crippen LogP contribution in [0.25, 0.3) is 6.08 Å². The van der Waals surface area contributed by atoms with Crippen molar-refractivity contribution < 1.29 is 14.7 Å². The Hall–Kier alpha value is -2.37. The van der Waals surface area contributed by atoms with Crippen LogP contribution in [0, 0.1) is 0 Å². The normalized spacial score (nSPS) is 19.2. The number of primary amides is 1. The van der Waals surface area contributed by atoms with Crippen LogP contribution in [0.2, 0.25) is 0 Å². The highest BCUT2D eigenvalue weighted by Crippen LogP contribution is 2.26. The SMILES string of the molecule is NC(=O)C1CCCCN1c1ncccc1/C=C/C(=O)O. The summed E-state index contributed by atoms with van der Waals surface area (Å²) in [5, 5.41) is 8.72. The van der Waals surface area contributed by atoms with Crippen molar-refractivity contribution in [3.63, 3.8) is 0 Å². The molecule has 1 aromatic rings. The number of carboxylic acids is 1. The molecule has 6 nitrogen and oxygen atoms in total. The van der Waals surface area contributed by atoms with Crippen LogP contribution in [0.5, 0.6) is 0 Å². The van der Waals surface area contributed by atoms with Crippen LogP contribution in [0.3, 0.4) is 0 Å². The molecular formula is C14H17N3O3. The summed E-state index contributed by atoms with van der Waals surface area (Å²) in [6.45, 7) is 0.693. The van der Waals surface area contributed by atoms with Gasteiger partial charge in [-0.1, -0.05) is 0 Å². The van der Waals surface area contributed by atoms with Crippen molar-refractivity contribution in [2.45, 2.75) is 25.3 Å². The molecule has 0 aliphatic carbocycles. The number of carboxylic acid groups (broad SMARTS) is 1. The van der Waals surface area contributed by atoms with E-state index in [0.29, 0.717) is 24.3 Å². The third-order valence-corrected chi connectivity index (χ3v) is 3.33. The monoisotopic (exact) mass is 275 g/mol. The summed E-state index contributed by atoms with van der Waals surface area (Å²) >= 11 is 0. The first-order valence-electron chi connectivity index (χ1n) is 6.51. The van der Waals surface area contributed by atoms with E-state index in [1.165, 1.54) is 6.08 Å². The number of nitrogens with zero attached hydrogens (tertiary/aromatic N) is 2. The van der Waals surface area contributed by atoms with Gasteiger partial charge in [0.25, 0.3) is 0 Å². The molecule has 2 rings (SSSR count). The number of piperidine rings is 1. The van der Waals surface area contributed by atoms with Crippen LogP contribution in [-0.4, -0.2) is 34.6 Å². The fourth-order valence-corrected chi connectivity index (χ4v) is 2.42. The van der Waals surface area contributed by atoms with Gasteiger partial charge in [0.05, 0.1) is 0 Å². The number of carbonyl (C=O) groups is 2. The van der Waals surface area contributed by atoms with Gasteiger partial charge in [0.15, 0.2) is 0 Å². The Bertz CT molecular complexity index is 542. The fourth-order valence-electron chi connectivity index (χ4n) is 2.42. The van der Waals surface area contributed by atoms with Crippen LogP contribution in [-0.2, 0) is 9.59 Å². The van der Waals surface area contributed by atoms with Crippen LogP contribution in [0.15, 0.2) is 24.4 Å². The summed E-state index contributed by atoms with van der Waals surface area (Å²) in [4.78, 5) is 28.3. The predicted molar refractivity (Wildman–Crippen MR) is 75.1 cm³/mol. The van der Waals surface area contributed by atoms with E-state index in [-0.39, 0.29) is 11.9 Å². The number of pyridine rings is 1. The number of hydrogen-bond acceptors (Lipinski definition) is 4. The molecule has 0 radical (unpaired) electrons. The number of aromatic nitrogens is 1. The topological polar surface area (TPSA) is 96.5 Å². The zero-order valence-electron chi connectivity index (χ0n) is 11.0. The number of amides is 1. The lowest BCUT2D eigenvalue weighted by molar-refractivity contribution is -0.131. The Balaban J connectivity index is 2.35. The van der Waals surface area contributed by atoms with Gasteiger partial charge in [-0.25, -0.2) is 9.78 Å². The summed E-state index contributed by atoms with van der Waals surface area (Å²) in [6, 6.07) is 3.12. The molecule has 6 heteroatoms. The Morgan fingerprint density at radius 3 is 2.95 bits per heavy atom. The molecule has 1 saturated heterocycles. The fraction of sp³-hybridized carbons (Fsp3) is 0.357. The Kier molecular flexibility index (Phi) is 4.34. The molecule has 1 aliphatic rings. The van der Waals surface area contributed by atoms with Gasteiger partial charge in [0.2, 0.25) is 5.91 Å². The van der Waals surface area contributed by atoms with Gasteiger partial charge in [0, 0.05) is 24.4 Å². The number of hydrogen-bond donors (Lipinski definition) is 2. The van der Waals surface area contributed by atoms with Gasteiger partial charge in [-0.3, -0.25) is 4.79 Å². The van der Waals surface area contributed by atoms with E-state index in [2.05, 4.69) is 4.98 Å². The highest BCUT2D eigenvalue weighted by Gasteiger charge is 2.28. The van der Waals surface area contributed by atoms with Gasteiger partial charge in [-0.15, -0.1) is 0 Å². The van der Waals surface area contributed by atoms with Crippen LogP contribution in [0.4, 0.5) is 5.82 Å². The van der Waals surface area contributed by atoms with Crippen molar-refractivity contribution in [2.75, 3.05) is 11.4 Å². The van der Waals surface area contributed by atoms with Crippen LogP contribution in [0.1, 0.15) is 24.8 Å². The lowest BCUT2D eigenvalue weighted by Crippen LogP contribution is -2.48. The summed E-state index contributed by atoms with van der Waals surface area (Å²) in [5.41, 5.74) is 6.12. The van der Waals surface area contributed by atoms with Crippen molar-refractivity contribution in [1.29, 1.82) is 0 Å². The van der Waals surface area contributed by atoms with E-state index in [1.807, 2.05) is 4.90 Å². The Morgan fingerprint density at radius 1 is 1.45 bits per heavy atom. The molecule has 1 aliphatic heterocycles. The first kappa shape index (κ1) is 14.0. The van der Waals surface area contributed by atoms with E-state index >= 15 is 0 Å². The molecule has 0 saturated carbocycles. The molecule has 1 atom stereocenters. The third kappa shape index (κ3) is 3.14. The van der Waals surface area contributed by atoms with E-state index in [0.717, 1.165) is 18.9 Å². The zero-order chi connectivity index (χ0) is 14.5. The van der Waals surface area contributed by atoms with Gasteiger partial charge in [0.1, 0.15) is 11.9 Å². The minimum Gasteiger partial charge on any atom is -0.478 e. The number of carbonyl (C=O) groups excluding carboxylic acids is 1. The number of nitrogens with two attached hydrogens (primary N) is 1. The lowest BCUT2D eigenvalue weighted by Gasteiger charge is -2.35. The van der Waals surface area contributed by atoms with Gasteiger partial charge in [-0.2, -0.15) is 0 Å². The van der Waals surface area contributed by atoms with Crippen LogP contribution >= 0.6 is 0 Å². The minimum atomic E-state index is -1.02. The quantitative estimate of drug-likeness (QED) is 0.800. The van der Waals surface area contributed by atoms with Crippen LogP contribution < -0.4 is 10.6 Å². The molecule has 0 spiro atoms. The van der Waals surface area contributed by atoms with Gasteiger partial charge < -0.3 is 15.7 Å². The zero-order valence-corrected chi connectivity index (χ0v) is 11.0. The molecule has 3 N–H and O–H groups in total. The summed E-state index contributed by atoms with van der Waals surface area (Å²) < 4.78 is 0. The number of anilines is 1. The van der Waals surface area contributed by atoms with Gasteiger partial charge in [-0.05, 0) is 37.5 Å². The largest absolute Gasteiger partial charge is 0.478 e. The van der Waals surface area contributed by atoms with E-state index in [9.17, 15) is 9.59 Å². The predicted octanol–water partition coefficient (Wildman–Crippen LogP) is 1.02. The molecule has 1 amide bonds. The average molecular weight is 275 g/mol. The molecule has 2 heterocycles. The minimum absolute atomic E-state index is 0.372. The highest BCUT2D eigenvalue weighted by atomic mass is 16.4. The van der Waals surface area contributed by atoms with Crippen molar-refractivity contribution in [1.82, 2.24) is 4.98 Å². The molecular weight excluding hydrogens is 258 g/mol. The standard InChI is InChI=1S/C14H17N3O3/c15-13(20)11-5-1-2-9-17(11)14-10(4-3-8-16-14)6-7-12(18)19/h3-4,6-8,11H,1-2,5,9H2,(H2,15,20)(H,18,19)/b7-6+. The number of aliphatic carboxylic acids is 1. The summed E-state index contributed by atoms with van der Waals surface area (Å²) in [5.74, 6) is -0.790. The average Bonchev–Trinajstić information content (AvgIpc) is 2.45. The lowest BCUT2D eigenvalue weighted by atomic mass is 10.0. The smallest absolute Gasteiger partial charge is 0.328 e. The van der Waals surface area contributed by atoms with Crippen molar-refractivity contribution in [2.24, 2.45) is 5.73 Å². The summed E-state index contributed by atoms with van der Waals surface area (Å²) in [7, 11) is 0. The third-order valence-electron chi connectivity index (χ3n) is 3.33. The van der Waals surface area contributed by atoms with E-state index < -0.39 is 5.97 Å². The second-order valence-corrected chi connectivity index (χ2v) is 4.70. The van der Waals surface area contributed by atoms with Crippen molar-refractivity contribution >= 4 is 23.8 Å². The Labute approximate surface area is 116 Å². The molecule has 1 unspecified atom stereocenters. The van der Waals surface area contributed by atoms with Crippen molar-refractivity contribution in [3.05, 3.63) is 30.0 Å². The van der Waals surface area contributed by atoms with E-state index in [4.69, 9.17) is 10.8 Å². The molecule has 0 aromatic carbocycles. The second-order valence-electron chi connectivity index (χ2n) is 4.70. The maximum atomic E-state index is 11.6. The first-order valence-corrected chi connectivity index (χ1v) is 6.51. The summed E-state index contributed by atoms with van der Waals surface area (Å²) in [6.07, 6.45) is 6.79. The maximum absolute atomic E-state index is 11.6. The second kappa shape index (κ2) is 6.18. The maximum Gasteiger partial charge on any atom is 0.328 e. The first-order chi connectivity index (χ1) is 9.59. The van der Waals surface area contributed by atoms with E-state index in [1.54, 1.807) is 18.3 Å². The molecule has 1 aromatic heterocycles.